The molecule has 0 bridgehead atoms. The first-order valence-electron chi connectivity index (χ1n) is 10.4. The molecule has 7 N–H and O–H groups in total. The molecule has 1 aromatic carbocycles. The fraction of sp³-hybridized carbons (Fsp3) is 0.455. The second kappa shape index (κ2) is 11.3. The summed E-state index contributed by atoms with van der Waals surface area (Å²) in [6.45, 7) is 3.78. The third-order valence-corrected chi connectivity index (χ3v) is 5.00. The minimum absolute atomic E-state index is 0.0589. The summed E-state index contributed by atoms with van der Waals surface area (Å²) < 4.78 is 4.88. The lowest BCUT2D eigenvalue weighted by molar-refractivity contribution is -0.145. The fourth-order valence-corrected chi connectivity index (χ4v) is 3.42. The summed E-state index contributed by atoms with van der Waals surface area (Å²) in [5, 5.41) is 6.18. The summed E-state index contributed by atoms with van der Waals surface area (Å²) >= 11 is 0. The number of primary amides is 1. The number of hydrogen-bond donors (Lipinski definition) is 5. The molecule has 0 aliphatic rings. The molecule has 0 saturated heterocycles. The van der Waals surface area contributed by atoms with Gasteiger partial charge < -0.3 is 31.8 Å². The first-order valence-corrected chi connectivity index (χ1v) is 10.4. The Balaban J connectivity index is 2.17. The molecule has 0 radical (unpaired) electrons. The van der Waals surface area contributed by atoms with Crippen molar-refractivity contribution < 1.29 is 23.9 Å². The first kappa shape index (κ1) is 24.9. The standard InChI is InChI=1S/C22H31N5O5/c1-12(2)8-17(26-20(29)15(23)10-19(24)28)21(30)27-18(22(31)32-3)9-13-11-25-16-7-5-4-6-14(13)16/h4-7,11-12,15,17-18,25H,8-10,23H2,1-3H3,(H2,24,28)(H,26,29)(H,27,30)/t15-,17-,18-/m0/s1. The molecule has 0 fully saturated rings. The van der Waals surface area contributed by atoms with Gasteiger partial charge in [0, 0.05) is 23.5 Å². The summed E-state index contributed by atoms with van der Waals surface area (Å²) in [5.74, 6) is -2.49. The van der Waals surface area contributed by atoms with Gasteiger partial charge in [0.05, 0.1) is 19.6 Å². The van der Waals surface area contributed by atoms with Crippen LogP contribution in [0.2, 0.25) is 0 Å². The number of esters is 1. The van der Waals surface area contributed by atoms with Crippen LogP contribution in [-0.4, -0.2) is 53.9 Å². The maximum atomic E-state index is 13.0. The number of ether oxygens (including phenoxy) is 1. The zero-order chi connectivity index (χ0) is 23.8. The van der Waals surface area contributed by atoms with Crippen molar-refractivity contribution in [2.45, 2.75) is 51.2 Å². The number of para-hydroxylation sites is 1. The molecule has 10 heteroatoms. The number of benzene rings is 1. The van der Waals surface area contributed by atoms with E-state index < -0.39 is 41.8 Å². The number of amides is 3. The number of nitrogens with two attached hydrogens (primary N) is 2. The van der Waals surface area contributed by atoms with E-state index in [9.17, 15) is 19.2 Å². The molecule has 0 aliphatic carbocycles. The Morgan fingerprint density at radius 2 is 1.72 bits per heavy atom. The molecule has 174 valence electrons. The van der Waals surface area contributed by atoms with E-state index in [0.717, 1.165) is 16.5 Å². The van der Waals surface area contributed by atoms with Gasteiger partial charge in [-0.1, -0.05) is 32.0 Å². The molecular formula is C22H31N5O5. The lowest BCUT2D eigenvalue weighted by atomic mass is 10.0. The first-order chi connectivity index (χ1) is 15.1. The maximum Gasteiger partial charge on any atom is 0.328 e. The third kappa shape index (κ3) is 6.81. The van der Waals surface area contributed by atoms with Gasteiger partial charge in [-0.15, -0.1) is 0 Å². The molecule has 1 heterocycles. The van der Waals surface area contributed by atoms with E-state index in [1.807, 2.05) is 38.1 Å². The summed E-state index contributed by atoms with van der Waals surface area (Å²) in [4.78, 5) is 51.9. The largest absolute Gasteiger partial charge is 0.467 e. The van der Waals surface area contributed by atoms with Crippen LogP contribution < -0.4 is 22.1 Å². The van der Waals surface area contributed by atoms with Gasteiger partial charge >= 0.3 is 5.97 Å². The molecule has 0 unspecified atom stereocenters. The Kier molecular flexibility index (Phi) is 8.77. The van der Waals surface area contributed by atoms with E-state index in [2.05, 4.69) is 15.6 Å². The predicted octanol–water partition coefficient (Wildman–Crippen LogP) is 0.102. The average molecular weight is 446 g/mol. The molecule has 2 aromatic rings. The van der Waals surface area contributed by atoms with Crippen molar-refractivity contribution >= 4 is 34.6 Å². The number of rotatable bonds is 11. The van der Waals surface area contributed by atoms with Crippen molar-refractivity contribution in [1.82, 2.24) is 15.6 Å². The van der Waals surface area contributed by atoms with E-state index in [0.29, 0.717) is 6.42 Å². The minimum atomic E-state index is -1.17. The number of aromatic amines is 1. The Labute approximate surface area is 186 Å². The normalized spacial score (nSPS) is 13.9. The van der Waals surface area contributed by atoms with Gasteiger partial charge in [-0.05, 0) is 24.0 Å². The van der Waals surface area contributed by atoms with Crippen molar-refractivity contribution in [1.29, 1.82) is 0 Å². The summed E-state index contributed by atoms with van der Waals surface area (Å²) in [7, 11) is 1.24. The lowest BCUT2D eigenvalue weighted by Gasteiger charge is -2.24. The van der Waals surface area contributed by atoms with Gasteiger partial charge in [0.25, 0.3) is 0 Å². The lowest BCUT2D eigenvalue weighted by Crippen LogP contribution is -2.55. The minimum Gasteiger partial charge on any atom is -0.467 e. The molecule has 0 spiro atoms. The van der Waals surface area contributed by atoms with Gasteiger partial charge in [-0.2, -0.15) is 0 Å². The monoisotopic (exact) mass is 445 g/mol. The number of carbonyl (C=O) groups excluding carboxylic acids is 4. The number of H-pyrrole nitrogens is 1. The van der Waals surface area contributed by atoms with E-state index in [1.165, 1.54) is 7.11 Å². The predicted molar refractivity (Wildman–Crippen MR) is 119 cm³/mol. The van der Waals surface area contributed by atoms with E-state index in [1.54, 1.807) is 6.20 Å². The molecule has 0 saturated carbocycles. The highest BCUT2D eigenvalue weighted by molar-refractivity contribution is 5.94. The van der Waals surface area contributed by atoms with Gasteiger partial charge in [0.1, 0.15) is 12.1 Å². The summed E-state index contributed by atoms with van der Waals surface area (Å²) in [6.07, 6.45) is 1.95. The van der Waals surface area contributed by atoms with Crippen LogP contribution in [0.25, 0.3) is 10.9 Å². The van der Waals surface area contributed by atoms with E-state index >= 15 is 0 Å². The highest BCUT2D eigenvalue weighted by atomic mass is 16.5. The van der Waals surface area contributed by atoms with Crippen LogP contribution in [0.15, 0.2) is 30.5 Å². The van der Waals surface area contributed by atoms with Crippen LogP contribution in [0.5, 0.6) is 0 Å². The number of methoxy groups -OCH3 is 1. The zero-order valence-corrected chi connectivity index (χ0v) is 18.5. The smallest absolute Gasteiger partial charge is 0.328 e. The van der Waals surface area contributed by atoms with Crippen LogP contribution >= 0.6 is 0 Å². The molecule has 3 amide bonds. The Hall–Kier alpha value is -3.40. The van der Waals surface area contributed by atoms with Crippen LogP contribution in [0, 0.1) is 5.92 Å². The second-order valence-corrected chi connectivity index (χ2v) is 8.12. The maximum absolute atomic E-state index is 13.0. The van der Waals surface area contributed by atoms with Crippen LogP contribution in [0.3, 0.4) is 0 Å². The van der Waals surface area contributed by atoms with E-state index in [-0.39, 0.29) is 18.8 Å². The van der Waals surface area contributed by atoms with Crippen molar-refractivity contribution in [2.75, 3.05) is 7.11 Å². The average Bonchev–Trinajstić information content (AvgIpc) is 3.14. The second-order valence-electron chi connectivity index (χ2n) is 8.12. The molecule has 32 heavy (non-hydrogen) atoms. The van der Waals surface area contributed by atoms with Crippen LogP contribution in [-0.2, 0) is 30.3 Å². The van der Waals surface area contributed by atoms with Gasteiger partial charge in [0.15, 0.2) is 0 Å². The molecular weight excluding hydrogens is 414 g/mol. The molecule has 1 aromatic heterocycles. The quantitative estimate of drug-likeness (QED) is 0.307. The summed E-state index contributed by atoms with van der Waals surface area (Å²) in [6, 6.07) is 4.53. The van der Waals surface area contributed by atoms with Gasteiger partial charge in [0.2, 0.25) is 17.7 Å². The number of nitrogens with one attached hydrogen (secondary N) is 3. The Morgan fingerprint density at radius 3 is 2.34 bits per heavy atom. The van der Waals surface area contributed by atoms with E-state index in [4.69, 9.17) is 16.2 Å². The van der Waals surface area contributed by atoms with Crippen molar-refractivity contribution in [3.63, 3.8) is 0 Å². The van der Waals surface area contributed by atoms with Crippen LogP contribution in [0.4, 0.5) is 0 Å². The number of fused-ring (bicyclic) bond motifs is 1. The highest BCUT2D eigenvalue weighted by Crippen LogP contribution is 2.19. The fourth-order valence-electron chi connectivity index (χ4n) is 3.42. The van der Waals surface area contributed by atoms with Crippen LogP contribution in [0.1, 0.15) is 32.3 Å². The third-order valence-electron chi connectivity index (χ3n) is 5.00. The zero-order valence-electron chi connectivity index (χ0n) is 18.5. The summed E-state index contributed by atoms with van der Waals surface area (Å²) in [5.41, 5.74) is 12.5. The molecule has 3 atom stereocenters. The SMILES string of the molecule is COC(=O)[C@H](Cc1c[nH]c2ccccc12)NC(=O)[C@H](CC(C)C)NC(=O)[C@@H](N)CC(N)=O. The highest BCUT2D eigenvalue weighted by Gasteiger charge is 2.30. The molecule has 2 rings (SSSR count). The number of hydrogen-bond acceptors (Lipinski definition) is 6. The molecule has 10 nitrogen and oxygen atoms in total. The van der Waals surface area contributed by atoms with Crippen molar-refractivity contribution in [3.05, 3.63) is 36.0 Å². The van der Waals surface area contributed by atoms with Crippen molar-refractivity contribution in [3.8, 4) is 0 Å². The number of aromatic nitrogens is 1. The topological polar surface area (TPSA) is 169 Å². The van der Waals surface area contributed by atoms with Crippen molar-refractivity contribution in [2.24, 2.45) is 17.4 Å². The Bertz CT molecular complexity index is 971. The molecule has 0 aliphatic heterocycles. The van der Waals surface area contributed by atoms with Gasteiger partial charge in [-0.25, -0.2) is 4.79 Å². The van der Waals surface area contributed by atoms with Gasteiger partial charge in [-0.3, -0.25) is 14.4 Å². The number of carbonyl (C=O) groups is 4. The Morgan fingerprint density at radius 1 is 1.06 bits per heavy atom.